The molecule has 1 heterocycles. The Labute approximate surface area is 275 Å². The Hall–Kier alpha value is -2.18. The molecule has 2 atom stereocenters. The number of fused-ring (bicyclic) bond motifs is 2. The molecular formula is C40H42Cl2Zr. The van der Waals surface area contributed by atoms with Gasteiger partial charge in [-0.2, -0.15) is 0 Å². The van der Waals surface area contributed by atoms with Crippen LogP contribution >= 0.6 is 0 Å². The molecule has 0 amide bonds. The van der Waals surface area contributed by atoms with Gasteiger partial charge in [0, 0.05) is 0 Å². The minimum Gasteiger partial charge on any atom is -1.00 e. The number of allylic oxidation sites excluding steroid dienone is 2. The molecule has 0 spiro atoms. The summed E-state index contributed by atoms with van der Waals surface area (Å²) < 4.78 is 4.22. The number of halogens is 2. The fourth-order valence-corrected chi connectivity index (χ4v) is 26.4. The molecule has 1 fully saturated rings. The van der Waals surface area contributed by atoms with Gasteiger partial charge in [-0.3, -0.25) is 0 Å². The van der Waals surface area contributed by atoms with Gasteiger partial charge >= 0.3 is 253 Å². The van der Waals surface area contributed by atoms with Crippen LogP contribution in [0.25, 0.3) is 34.4 Å². The maximum absolute atomic E-state index is 2.85. The van der Waals surface area contributed by atoms with Crippen molar-refractivity contribution in [3.05, 3.63) is 130 Å². The largest absolute Gasteiger partial charge is 1.00 e. The molecule has 220 valence electrons. The normalized spacial score (nSPS) is 19.0. The molecule has 0 bridgehead atoms. The van der Waals surface area contributed by atoms with Crippen LogP contribution in [0.1, 0.15) is 71.0 Å². The summed E-state index contributed by atoms with van der Waals surface area (Å²) >= 11 is -2.85. The molecule has 43 heavy (non-hydrogen) atoms. The van der Waals surface area contributed by atoms with Crippen molar-refractivity contribution in [2.45, 2.75) is 57.1 Å². The zero-order chi connectivity index (χ0) is 28.6. The van der Waals surface area contributed by atoms with Gasteiger partial charge in [0.2, 0.25) is 0 Å². The molecule has 2 unspecified atom stereocenters. The van der Waals surface area contributed by atoms with Crippen LogP contribution in [0.15, 0.2) is 108 Å². The van der Waals surface area contributed by atoms with E-state index in [0.717, 1.165) is 0 Å². The first-order chi connectivity index (χ1) is 19.6. The molecule has 1 aliphatic heterocycles. The second-order valence-corrected chi connectivity index (χ2v) is 26.0. The topological polar surface area (TPSA) is 0 Å². The second-order valence-electron chi connectivity index (χ2n) is 14.6. The minimum atomic E-state index is -2.85. The summed E-state index contributed by atoms with van der Waals surface area (Å²) in [5.41, 5.74) is 15.4. The fourth-order valence-electron chi connectivity index (χ4n) is 7.97. The third kappa shape index (κ3) is 5.39. The summed E-state index contributed by atoms with van der Waals surface area (Å²) in [7, 11) is 0. The van der Waals surface area contributed by atoms with Gasteiger partial charge in [0.1, 0.15) is 0 Å². The van der Waals surface area contributed by atoms with E-state index < -0.39 is 20.3 Å². The molecule has 3 heteroatoms. The molecular weight excluding hydrogens is 643 g/mol. The van der Waals surface area contributed by atoms with E-state index in [4.69, 9.17) is 0 Å². The van der Waals surface area contributed by atoms with Crippen molar-refractivity contribution < 1.29 is 45.1 Å². The first kappa shape index (κ1) is 32.2. The predicted molar refractivity (Wildman–Crippen MR) is 174 cm³/mol. The van der Waals surface area contributed by atoms with Gasteiger partial charge in [-0.15, -0.1) is 0 Å². The number of rotatable bonds is 4. The van der Waals surface area contributed by atoms with Crippen LogP contribution in [0.2, 0.25) is 8.26 Å². The van der Waals surface area contributed by atoms with Gasteiger partial charge in [-0.1, -0.05) is 0 Å². The van der Waals surface area contributed by atoms with E-state index >= 15 is 0 Å². The standard InChI is InChI=1S/2C19H19.C2H4.2ClH.Zr/c2*1-19(2,3)16-12-15-10-7-11-17(18(15)13-16)14-8-5-4-6-9-14;1-2;;;/h2*4-13H,1-3H3;1-2H2;2*1H;/q;;;;;+2/p-2. The molecule has 1 saturated heterocycles. The van der Waals surface area contributed by atoms with E-state index in [1.807, 2.05) is 0 Å². The van der Waals surface area contributed by atoms with Gasteiger partial charge in [-0.05, 0) is 0 Å². The SMILES string of the molecule is CC(C)(C)C1=Cc2c(-c3ccccc3)cccc2[CH]1[Zr+2]1([CH]2C(C(C)(C)C)=Cc3c(-c4ccccc4)cccc32)[CH2][CH2]1.[Cl-].[Cl-]. The van der Waals surface area contributed by atoms with Gasteiger partial charge in [0.05, 0.1) is 0 Å². The van der Waals surface area contributed by atoms with E-state index in [0.29, 0.717) is 7.25 Å². The summed E-state index contributed by atoms with van der Waals surface area (Å²) in [6.07, 6.45) is 5.27. The molecule has 0 N–H and O–H groups in total. The Balaban J connectivity index is 0.00000184. The molecule has 0 radical (unpaired) electrons. The zero-order valence-corrected chi connectivity index (χ0v) is 30.2. The summed E-state index contributed by atoms with van der Waals surface area (Å²) in [5.74, 6) is 0. The minimum absolute atomic E-state index is 0. The van der Waals surface area contributed by atoms with Crippen LogP contribution in [0, 0.1) is 10.8 Å². The summed E-state index contributed by atoms with van der Waals surface area (Å²) in [4.78, 5) is 0. The van der Waals surface area contributed by atoms with Crippen LogP contribution in [-0.2, 0) is 20.3 Å². The molecule has 4 aromatic carbocycles. The summed E-state index contributed by atoms with van der Waals surface area (Å²) in [6, 6.07) is 36.5. The first-order valence-corrected chi connectivity index (χ1v) is 21.7. The van der Waals surface area contributed by atoms with Crippen molar-refractivity contribution >= 4 is 12.2 Å². The summed E-state index contributed by atoms with van der Waals surface area (Å²) in [5, 5.41) is 0. The van der Waals surface area contributed by atoms with Crippen molar-refractivity contribution in [2.75, 3.05) is 0 Å². The van der Waals surface area contributed by atoms with Crippen LogP contribution in [0.4, 0.5) is 0 Å². The third-order valence-electron chi connectivity index (χ3n) is 10.0. The van der Waals surface area contributed by atoms with Crippen molar-refractivity contribution in [3.63, 3.8) is 0 Å². The Morgan fingerprint density at radius 2 is 0.860 bits per heavy atom. The second kappa shape index (κ2) is 11.6. The van der Waals surface area contributed by atoms with Crippen molar-refractivity contribution in [3.8, 4) is 22.3 Å². The molecule has 3 aliphatic rings. The molecule has 7 rings (SSSR count). The van der Waals surface area contributed by atoms with E-state index in [-0.39, 0.29) is 35.6 Å². The van der Waals surface area contributed by atoms with Gasteiger partial charge in [0.15, 0.2) is 0 Å². The van der Waals surface area contributed by atoms with E-state index in [1.165, 1.54) is 41.6 Å². The van der Waals surface area contributed by atoms with Crippen LogP contribution < -0.4 is 24.8 Å². The van der Waals surface area contributed by atoms with Crippen molar-refractivity contribution in [1.29, 1.82) is 0 Å². The van der Waals surface area contributed by atoms with Crippen LogP contribution in [0.5, 0.6) is 0 Å². The quantitative estimate of drug-likeness (QED) is 0.259. The molecule has 0 aromatic heterocycles. The van der Waals surface area contributed by atoms with E-state index in [1.54, 1.807) is 22.3 Å². The molecule has 0 nitrogen and oxygen atoms in total. The van der Waals surface area contributed by atoms with Gasteiger partial charge in [0.25, 0.3) is 0 Å². The number of hydrogen-bond donors (Lipinski definition) is 0. The Bertz CT molecular complexity index is 1570. The molecule has 0 saturated carbocycles. The smallest absolute Gasteiger partial charge is 1.00 e. The van der Waals surface area contributed by atoms with Crippen molar-refractivity contribution in [2.24, 2.45) is 10.8 Å². The zero-order valence-electron chi connectivity index (χ0n) is 26.2. The van der Waals surface area contributed by atoms with Crippen molar-refractivity contribution in [1.82, 2.24) is 0 Å². The van der Waals surface area contributed by atoms with Crippen LogP contribution in [-0.4, -0.2) is 0 Å². The fraction of sp³-hybridized carbons (Fsp3) is 0.300. The predicted octanol–water partition coefficient (Wildman–Crippen LogP) is 5.70. The van der Waals surface area contributed by atoms with Gasteiger partial charge in [-0.25, -0.2) is 0 Å². The van der Waals surface area contributed by atoms with E-state index in [2.05, 4.69) is 151 Å². The van der Waals surface area contributed by atoms with Crippen LogP contribution in [0.3, 0.4) is 0 Å². The maximum atomic E-state index is 2.63. The summed E-state index contributed by atoms with van der Waals surface area (Å²) in [6.45, 7) is 14.7. The molecule has 2 aliphatic carbocycles. The Morgan fingerprint density at radius 1 is 0.488 bits per heavy atom. The number of hydrogen-bond acceptors (Lipinski definition) is 0. The number of benzene rings is 4. The van der Waals surface area contributed by atoms with Gasteiger partial charge < -0.3 is 24.8 Å². The third-order valence-corrected chi connectivity index (χ3v) is 22.8. The monoisotopic (exact) mass is 682 g/mol. The average Bonchev–Trinajstić information content (AvgIpc) is 3.45. The van der Waals surface area contributed by atoms with E-state index in [9.17, 15) is 0 Å². The first-order valence-electron chi connectivity index (χ1n) is 15.4. The Morgan fingerprint density at radius 3 is 1.19 bits per heavy atom. The average molecular weight is 685 g/mol. The maximum Gasteiger partial charge on any atom is -1.00 e. The molecule has 4 aromatic rings. The Kier molecular flexibility index (Phi) is 8.72.